The number of benzene rings is 1. The summed E-state index contributed by atoms with van der Waals surface area (Å²) in [7, 11) is 0. The van der Waals surface area contributed by atoms with Gasteiger partial charge in [0, 0.05) is 6.54 Å². The smallest absolute Gasteiger partial charge is 0.184 e. The van der Waals surface area contributed by atoms with Gasteiger partial charge < -0.3 is 0 Å². The zero-order valence-corrected chi connectivity index (χ0v) is 8.82. The Kier molecular flexibility index (Phi) is 3.00. The number of nitrogens with zero attached hydrogens (tertiary/aromatic N) is 5. The molecule has 0 saturated heterocycles. The molecule has 2 aromatic rings. The number of hydrogen-bond donors (Lipinski definition) is 0. The van der Waals surface area contributed by atoms with Crippen LogP contribution in [0.15, 0.2) is 35.5 Å². The van der Waals surface area contributed by atoms with E-state index in [0.29, 0.717) is 12.4 Å². The van der Waals surface area contributed by atoms with E-state index in [1.165, 1.54) is 0 Å². The number of tetrazole rings is 1. The second-order valence-electron chi connectivity index (χ2n) is 3.27. The van der Waals surface area contributed by atoms with Crippen LogP contribution >= 0.6 is 0 Å². The molecule has 0 aliphatic heterocycles. The fraction of sp³-hybridized carbons (Fsp3) is 0.300. The highest BCUT2D eigenvalue weighted by atomic mass is 16.3. The Bertz CT molecular complexity index is 467. The largest absolute Gasteiger partial charge is 0.227 e. The topological polar surface area (TPSA) is 73.0 Å². The predicted octanol–water partition coefficient (Wildman–Crippen LogP) is 1.55. The molecule has 0 fully saturated rings. The van der Waals surface area contributed by atoms with Crippen molar-refractivity contribution in [3.63, 3.8) is 0 Å². The summed E-state index contributed by atoms with van der Waals surface area (Å²) in [5, 5.41) is 14.3. The van der Waals surface area contributed by atoms with E-state index in [0.717, 1.165) is 5.56 Å². The molecule has 0 spiro atoms. The maximum atomic E-state index is 10.9. The van der Waals surface area contributed by atoms with Crippen molar-refractivity contribution in [2.75, 3.05) is 0 Å². The highest BCUT2D eigenvalue weighted by Gasteiger charge is 2.20. The van der Waals surface area contributed by atoms with Crippen LogP contribution in [-0.4, -0.2) is 20.2 Å². The molecule has 1 unspecified atom stereocenters. The Hall–Kier alpha value is -2.11. The van der Waals surface area contributed by atoms with E-state index in [1.54, 1.807) is 4.68 Å². The van der Waals surface area contributed by atoms with Gasteiger partial charge >= 0.3 is 0 Å². The first-order valence-corrected chi connectivity index (χ1v) is 5.00. The van der Waals surface area contributed by atoms with Crippen molar-refractivity contribution in [1.82, 2.24) is 20.2 Å². The molecule has 1 aromatic heterocycles. The van der Waals surface area contributed by atoms with Gasteiger partial charge in [-0.1, -0.05) is 35.5 Å². The average molecular weight is 217 g/mol. The summed E-state index contributed by atoms with van der Waals surface area (Å²) < 4.78 is 1.57. The van der Waals surface area contributed by atoms with Crippen LogP contribution in [0, 0.1) is 4.91 Å². The Labute approximate surface area is 92.3 Å². The molecule has 0 N–H and O–H groups in total. The first-order valence-electron chi connectivity index (χ1n) is 5.00. The van der Waals surface area contributed by atoms with E-state index in [4.69, 9.17) is 0 Å². The first-order chi connectivity index (χ1) is 7.86. The average Bonchev–Trinajstić information content (AvgIpc) is 2.80. The molecule has 0 aliphatic carbocycles. The molecule has 16 heavy (non-hydrogen) atoms. The van der Waals surface area contributed by atoms with Crippen LogP contribution in [0.2, 0.25) is 0 Å². The van der Waals surface area contributed by atoms with Crippen LogP contribution in [-0.2, 0) is 6.54 Å². The van der Waals surface area contributed by atoms with Crippen LogP contribution in [0.3, 0.4) is 0 Å². The van der Waals surface area contributed by atoms with E-state index in [2.05, 4.69) is 20.7 Å². The van der Waals surface area contributed by atoms with Crippen LogP contribution < -0.4 is 0 Å². The second kappa shape index (κ2) is 4.61. The van der Waals surface area contributed by atoms with Gasteiger partial charge in [0.2, 0.25) is 0 Å². The lowest BCUT2D eigenvalue weighted by atomic mass is 10.1. The van der Waals surface area contributed by atoms with Crippen molar-refractivity contribution < 1.29 is 0 Å². The van der Waals surface area contributed by atoms with Crippen LogP contribution in [0.25, 0.3) is 0 Å². The molecule has 82 valence electrons. The molecule has 6 heteroatoms. The summed E-state index contributed by atoms with van der Waals surface area (Å²) in [6.07, 6.45) is 0. The summed E-state index contributed by atoms with van der Waals surface area (Å²) in [5.74, 6) is 0.476. The number of rotatable bonds is 4. The maximum absolute atomic E-state index is 10.9. The van der Waals surface area contributed by atoms with E-state index < -0.39 is 6.04 Å². The fourth-order valence-electron chi connectivity index (χ4n) is 1.53. The van der Waals surface area contributed by atoms with E-state index >= 15 is 0 Å². The summed E-state index contributed by atoms with van der Waals surface area (Å²) in [4.78, 5) is 10.9. The molecule has 1 aromatic carbocycles. The minimum absolute atomic E-state index is 0.476. The lowest BCUT2D eigenvalue weighted by molar-refractivity contribution is 0.579. The number of aryl methyl sites for hydroxylation is 1. The molecular formula is C10H11N5O. The van der Waals surface area contributed by atoms with Gasteiger partial charge in [-0.15, -0.1) is 10.0 Å². The van der Waals surface area contributed by atoms with Gasteiger partial charge in [-0.2, -0.15) is 0 Å². The molecule has 0 amide bonds. The van der Waals surface area contributed by atoms with Gasteiger partial charge in [0.25, 0.3) is 0 Å². The van der Waals surface area contributed by atoms with Crippen molar-refractivity contribution in [3.05, 3.63) is 46.6 Å². The Balaban J connectivity index is 2.41. The standard InChI is InChI=1S/C10H11N5O/c1-2-15-10(11-13-14-15)9(12-16)8-6-4-3-5-7-8/h3-7,9H,2H2,1H3. The normalized spacial score (nSPS) is 12.3. The fourth-order valence-corrected chi connectivity index (χ4v) is 1.53. The van der Waals surface area contributed by atoms with Crippen molar-refractivity contribution >= 4 is 0 Å². The van der Waals surface area contributed by atoms with Crippen LogP contribution in [0.1, 0.15) is 24.4 Å². The highest BCUT2D eigenvalue weighted by molar-refractivity contribution is 5.24. The minimum Gasteiger partial charge on any atom is -0.227 e. The molecule has 0 saturated carbocycles. The number of hydrogen-bond acceptors (Lipinski definition) is 5. The van der Waals surface area contributed by atoms with Crippen molar-refractivity contribution in [3.8, 4) is 0 Å². The van der Waals surface area contributed by atoms with Crippen molar-refractivity contribution in [1.29, 1.82) is 0 Å². The molecule has 1 atom stereocenters. The van der Waals surface area contributed by atoms with Gasteiger partial charge in [0.15, 0.2) is 11.9 Å². The SMILES string of the molecule is CCn1nnnc1C(N=O)c1ccccc1. The Morgan fingerprint density at radius 1 is 1.38 bits per heavy atom. The molecule has 2 rings (SSSR count). The van der Waals surface area contributed by atoms with Crippen molar-refractivity contribution in [2.45, 2.75) is 19.5 Å². The number of aromatic nitrogens is 4. The second-order valence-corrected chi connectivity index (χ2v) is 3.27. The van der Waals surface area contributed by atoms with Gasteiger partial charge in [-0.05, 0) is 22.9 Å². The molecule has 1 heterocycles. The summed E-state index contributed by atoms with van der Waals surface area (Å²) in [6, 6.07) is 8.62. The third-order valence-corrected chi connectivity index (χ3v) is 2.32. The van der Waals surface area contributed by atoms with Gasteiger partial charge in [-0.25, -0.2) is 4.68 Å². The maximum Gasteiger partial charge on any atom is 0.184 e. The molecule has 0 radical (unpaired) electrons. The van der Waals surface area contributed by atoms with Gasteiger partial charge in [0.05, 0.1) is 0 Å². The van der Waals surface area contributed by atoms with E-state index in [-0.39, 0.29) is 0 Å². The van der Waals surface area contributed by atoms with E-state index in [9.17, 15) is 4.91 Å². The predicted molar refractivity (Wildman–Crippen MR) is 57.6 cm³/mol. The van der Waals surface area contributed by atoms with Gasteiger partial charge in [-0.3, -0.25) is 0 Å². The van der Waals surface area contributed by atoms with Crippen LogP contribution in [0.4, 0.5) is 0 Å². The molecule has 0 bridgehead atoms. The zero-order chi connectivity index (χ0) is 11.4. The monoisotopic (exact) mass is 217 g/mol. The first kappa shape index (κ1) is 10.4. The third-order valence-electron chi connectivity index (χ3n) is 2.32. The molecular weight excluding hydrogens is 206 g/mol. The summed E-state index contributed by atoms with van der Waals surface area (Å²) in [5.41, 5.74) is 0.794. The van der Waals surface area contributed by atoms with E-state index in [1.807, 2.05) is 37.3 Å². The van der Waals surface area contributed by atoms with Gasteiger partial charge in [0.1, 0.15) is 0 Å². The third kappa shape index (κ3) is 1.81. The summed E-state index contributed by atoms with van der Waals surface area (Å²) in [6.45, 7) is 2.52. The zero-order valence-electron chi connectivity index (χ0n) is 8.82. The lowest BCUT2D eigenvalue weighted by Gasteiger charge is -2.07. The molecule has 6 nitrogen and oxygen atoms in total. The Morgan fingerprint density at radius 2 is 2.12 bits per heavy atom. The number of nitroso groups, excluding NO2 is 1. The lowest BCUT2D eigenvalue weighted by Crippen LogP contribution is -2.08. The molecule has 0 aliphatic rings. The Morgan fingerprint density at radius 3 is 2.75 bits per heavy atom. The quantitative estimate of drug-likeness (QED) is 0.728. The van der Waals surface area contributed by atoms with Crippen LogP contribution in [0.5, 0.6) is 0 Å². The van der Waals surface area contributed by atoms with Crippen molar-refractivity contribution in [2.24, 2.45) is 5.18 Å². The summed E-state index contributed by atoms with van der Waals surface area (Å²) >= 11 is 0. The highest BCUT2D eigenvalue weighted by Crippen LogP contribution is 2.22. The minimum atomic E-state index is -0.642.